The van der Waals surface area contributed by atoms with E-state index in [-0.39, 0.29) is 11.9 Å². The highest BCUT2D eigenvalue weighted by molar-refractivity contribution is 5.84. The Hall–Kier alpha value is -2.02. The molecule has 1 aromatic carbocycles. The Balaban J connectivity index is 2.37. The van der Waals surface area contributed by atoms with Crippen molar-refractivity contribution >= 4 is 16.9 Å². The third-order valence-electron chi connectivity index (χ3n) is 2.96. The van der Waals surface area contributed by atoms with Crippen LogP contribution in [-0.4, -0.2) is 24.1 Å². The molecular weight excluding hydrogens is 273 g/mol. The third kappa shape index (κ3) is 2.77. The van der Waals surface area contributed by atoms with E-state index < -0.39 is 23.8 Å². The molecule has 108 valence electrons. The number of alkyl halides is 3. The quantitative estimate of drug-likeness (QED) is 0.850. The van der Waals surface area contributed by atoms with Gasteiger partial charge >= 0.3 is 12.1 Å². The van der Waals surface area contributed by atoms with Gasteiger partial charge in [-0.3, -0.25) is 4.79 Å². The number of carbonyl (C=O) groups excluding carboxylic acids is 1. The molecule has 1 aromatic heterocycles. The highest BCUT2D eigenvalue weighted by atomic mass is 19.4. The number of hydrogen-bond acceptors (Lipinski definition) is 3. The second-order valence-corrected chi connectivity index (χ2v) is 4.40. The first-order chi connectivity index (χ1) is 9.32. The molecular formula is C13H13F3N2O2. The summed E-state index contributed by atoms with van der Waals surface area (Å²) in [4.78, 5) is 13.9. The minimum absolute atomic E-state index is 0.00735. The van der Waals surface area contributed by atoms with Crippen LogP contribution >= 0.6 is 0 Å². The molecule has 0 saturated heterocycles. The summed E-state index contributed by atoms with van der Waals surface area (Å²) in [6.07, 6.45) is -4.36. The lowest BCUT2D eigenvalue weighted by Crippen LogP contribution is -2.33. The number of carbonyl (C=O) groups is 1. The van der Waals surface area contributed by atoms with Gasteiger partial charge in [0.15, 0.2) is 0 Å². The smallest absolute Gasteiger partial charge is 0.418 e. The van der Waals surface area contributed by atoms with Crippen molar-refractivity contribution < 1.29 is 22.7 Å². The zero-order chi connectivity index (χ0) is 14.9. The number of nitrogens with one attached hydrogen (secondary N) is 1. The van der Waals surface area contributed by atoms with Crippen LogP contribution in [-0.2, 0) is 22.1 Å². The Morgan fingerprint density at radius 3 is 2.75 bits per heavy atom. The van der Waals surface area contributed by atoms with Gasteiger partial charge in [0.1, 0.15) is 6.04 Å². The number of ether oxygens (including phenoxy) is 1. The van der Waals surface area contributed by atoms with Gasteiger partial charge in [-0.15, -0.1) is 0 Å². The molecule has 0 amide bonds. The number of aromatic nitrogens is 1. The number of halogens is 3. The number of H-pyrrole nitrogens is 1. The molecule has 0 aliphatic rings. The van der Waals surface area contributed by atoms with Crippen molar-refractivity contribution in [3.05, 3.63) is 35.5 Å². The summed E-state index contributed by atoms with van der Waals surface area (Å²) in [6, 6.07) is 4.54. The Labute approximate surface area is 112 Å². The molecule has 0 radical (unpaired) electrons. The third-order valence-corrected chi connectivity index (χ3v) is 2.96. The largest absolute Gasteiger partial charge is 0.468 e. The molecule has 0 bridgehead atoms. The molecule has 3 N–H and O–H groups in total. The minimum Gasteiger partial charge on any atom is -0.468 e. The summed E-state index contributed by atoms with van der Waals surface area (Å²) in [6.45, 7) is 0. The molecule has 1 heterocycles. The van der Waals surface area contributed by atoms with Gasteiger partial charge in [-0.1, -0.05) is 12.1 Å². The van der Waals surface area contributed by atoms with E-state index in [1.54, 1.807) is 12.1 Å². The molecule has 2 aromatic rings. The van der Waals surface area contributed by atoms with Crippen molar-refractivity contribution in [3.63, 3.8) is 0 Å². The average Bonchev–Trinajstić information content (AvgIpc) is 2.78. The van der Waals surface area contributed by atoms with Crippen molar-refractivity contribution in [2.45, 2.75) is 18.6 Å². The van der Waals surface area contributed by atoms with Crippen LogP contribution in [0.1, 0.15) is 11.3 Å². The lowest BCUT2D eigenvalue weighted by atomic mass is 10.1. The number of nitrogens with two attached hydrogens (primary N) is 1. The first kappa shape index (κ1) is 14.4. The molecule has 7 heteroatoms. The molecule has 0 saturated carbocycles. The van der Waals surface area contributed by atoms with Gasteiger partial charge < -0.3 is 15.5 Å². The van der Waals surface area contributed by atoms with Gasteiger partial charge in [0.2, 0.25) is 0 Å². The van der Waals surface area contributed by atoms with Crippen LogP contribution in [0.2, 0.25) is 0 Å². The molecule has 0 aliphatic heterocycles. The molecule has 0 spiro atoms. The van der Waals surface area contributed by atoms with E-state index in [1.807, 2.05) is 0 Å². The lowest BCUT2D eigenvalue weighted by molar-refractivity contribution is -0.142. The standard InChI is InChI=1S/C13H13F3N2O2/c1-20-12(19)10(17)6-8-5-7-3-2-4-9(11(7)18-8)13(14,15)16/h2-5,10,18H,6,17H2,1H3. The molecule has 0 fully saturated rings. The van der Waals surface area contributed by atoms with Crippen LogP contribution in [0.3, 0.4) is 0 Å². The van der Waals surface area contributed by atoms with Crippen molar-refractivity contribution in [3.8, 4) is 0 Å². The van der Waals surface area contributed by atoms with E-state index >= 15 is 0 Å². The second kappa shape index (κ2) is 5.16. The van der Waals surface area contributed by atoms with Crippen molar-refractivity contribution in [1.82, 2.24) is 4.98 Å². The maximum Gasteiger partial charge on any atom is 0.418 e. The maximum atomic E-state index is 12.9. The average molecular weight is 286 g/mol. The number of hydrogen-bond donors (Lipinski definition) is 2. The molecule has 20 heavy (non-hydrogen) atoms. The molecule has 0 aliphatic carbocycles. The van der Waals surface area contributed by atoms with Crippen molar-refractivity contribution in [2.75, 3.05) is 7.11 Å². The normalized spacial score (nSPS) is 13.4. The summed E-state index contributed by atoms with van der Waals surface area (Å²) in [7, 11) is 1.20. The van der Waals surface area contributed by atoms with Gasteiger partial charge in [-0.25, -0.2) is 0 Å². The first-order valence-corrected chi connectivity index (χ1v) is 5.84. The minimum atomic E-state index is -4.44. The fraction of sp³-hybridized carbons (Fsp3) is 0.308. The van der Waals surface area contributed by atoms with E-state index in [0.29, 0.717) is 11.1 Å². The number of aromatic amines is 1. The van der Waals surface area contributed by atoms with Gasteiger partial charge in [-0.2, -0.15) is 13.2 Å². The van der Waals surface area contributed by atoms with E-state index in [1.165, 1.54) is 13.2 Å². The topological polar surface area (TPSA) is 68.1 Å². The predicted molar refractivity (Wildman–Crippen MR) is 67.0 cm³/mol. The number of methoxy groups -OCH3 is 1. The molecule has 1 atom stereocenters. The van der Waals surface area contributed by atoms with E-state index in [2.05, 4.69) is 9.72 Å². The predicted octanol–water partition coefficient (Wildman–Crippen LogP) is 2.23. The van der Waals surface area contributed by atoms with Gasteiger partial charge in [-0.05, 0) is 12.1 Å². The number of benzene rings is 1. The molecule has 4 nitrogen and oxygen atoms in total. The Morgan fingerprint density at radius 1 is 1.45 bits per heavy atom. The summed E-state index contributed by atoms with van der Waals surface area (Å²) in [5.41, 5.74) is 5.29. The Morgan fingerprint density at radius 2 is 2.15 bits per heavy atom. The van der Waals surface area contributed by atoms with E-state index in [4.69, 9.17) is 5.73 Å². The fourth-order valence-electron chi connectivity index (χ4n) is 2.03. The summed E-state index contributed by atoms with van der Waals surface area (Å²) in [5, 5.41) is 0.423. The number of rotatable bonds is 3. The van der Waals surface area contributed by atoms with E-state index in [9.17, 15) is 18.0 Å². The fourth-order valence-corrected chi connectivity index (χ4v) is 2.03. The Bertz CT molecular complexity index is 634. The molecule has 2 rings (SSSR count). The Kier molecular flexibility index (Phi) is 3.71. The molecule has 1 unspecified atom stereocenters. The van der Waals surface area contributed by atoms with Crippen LogP contribution in [0.15, 0.2) is 24.3 Å². The summed E-state index contributed by atoms with van der Waals surface area (Å²) >= 11 is 0. The van der Waals surface area contributed by atoms with Crippen molar-refractivity contribution in [1.29, 1.82) is 0 Å². The zero-order valence-corrected chi connectivity index (χ0v) is 10.6. The highest BCUT2D eigenvalue weighted by Gasteiger charge is 2.33. The lowest BCUT2D eigenvalue weighted by Gasteiger charge is -2.08. The first-order valence-electron chi connectivity index (χ1n) is 5.84. The maximum absolute atomic E-state index is 12.9. The summed E-state index contributed by atoms with van der Waals surface area (Å²) in [5.74, 6) is -0.611. The summed E-state index contributed by atoms with van der Waals surface area (Å²) < 4.78 is 43.0. The number of para-hydroxylation sites is 1. The van der Waals surface area contributed by atoms with E-state index in [0.717, 1.165) is 6.07 Å². The monoisotopic (exact) mass is 286 g/mol. The van der Waals surface area contributed by atoms with Gasteiger partial charge in [0.25, 0.3) is 0 Å². The SMILES string of the molecule is COC(=O)C(N)Cc1cc2cccc(C(F)(F)F)c2[nH]1. The highest BCUT2D eigenvalue weighted by Crippen LogP contribution is 2.34. The zero-order valence-electron chi connectivity index (χ0n) is 10.6. The van der Waals surface area contributed by atoms with Gasteiger partial charge in [0, 0.05) is 17.5 Å². The number of esters is 1. The van der Waals surface area contributed by atoms with Crippen LogP contribution < -0.4 is 5.73 Å². The van der Waals surface area contributed by atoms with Crippen LogP contribution in [0.25, 0.3) is 10.9 Å². The van der Waals surface area contributed by atoms with Gasteiger partial charge in [0.05, 0.1) is 18.2 Å². The van der Waals surface area contributed by atoms with Crippen LogP contribution in [0.4, 0.5) is 13.2 Å². The van der Waals surface area contributed by atoms with Crippen LogP contribution in [0, 0.1) is 0 Å². The second-order valence-electron chi connectivity index (χ2n) is 4.40. The van der Waals surface area contributed by atoms with Crippen molar-refractivity contribution in [2.24, 2.45) is 5.73 Å². The van der Waals surface area contributed by atoms with Crippen LogP contribution in [0.5, 0.6) is 0 Å². The number of fused-ring (bicyclic) bond motifs is 1.